The fourth-order valence-corrected chi connectivity index (χ4v) is 1.82. The van der Waals surface area contributed by atoms with Crippen LogP contribution in [0.3, 0.4) is 0 Å². The number of halogens is 1. The van der Waals surface area contributed by atoms with E-state index < -0.39 is 10.9 Å². The number of carboxylic acid groups (broad SMARTS) is 1. The monoisotopic (exact) mass is 316 g/mol. The van der Waals surface area contributed by atoms with Crippen molar-refractivity contribution in [3.05, 3.63) is 32.8 Å². The van der Waals surface area contributed by atoms with Gasteiger partial charge in [-0.05, 0) is 18.1 Å². The second-order valence-electron chi connectivity index (χ2n) is 4.00. The first-order valence-electron chi connectivity index (χ1n) is 5.29. The SMILES string of the molecule is CC(CNc1cc(Br)ccc1[N+](=O)[O-])CC(=O)O. The third-order valence-electron chi connectivity index (χ3n) is 2.32. The van der Waals surface area contributed by atoms with Crippen LogP contribution in [0.5, 0.6) is 0 Å². The summed E-state index contributed by atoms with van der Waals surface area (Å²) >= 11 is 3.24. The molecule has 0 fully saturated rings. The van der Waals surface area contributed by atoms with Crippen molar-refractivity contribution < 1.29 is 14.8 Å². The second kappa shape index (κ2) is 6.34. The quantitative estimate of drug-likeness (QED) is 0.621. The lowest BCUT2D eigenvalue weighted by molar-refractivity contribution is -0.384. The number of nitro benzene ring substituents is 1. The molecule has 0 bridgehead atoms. The van der Waals surface area contributed by atoms with E-state index in [-0.39, 0.29) is 18.0 Å². The van der Waals surface area contributed by atoms with Gasteiger partial charge in [0.05, 0.1) is 4.92 Å². The third kappa shape index (κ3) is 4.33. The Kier molecular flexibility index (Phi) is 5.08. The first-order valence-corrected chi connectivity index (χ1v) is 6.09. The van der Waals surface area contributed by atoms with Crippen molar-refractivity contribution in [3.8, 4) is 0 Å². The molecule has 18 heavy (non-hydrogen) atoms. The highest BCUT2D eigenvalue weighted by Crippen LogP contribution is 2.28. The summed E-state index contributed by atoms with van der Waals surface area (Å²) in [6.45, 7) is 2.13. The molecule has 0 aromatic heterocycles. The number of carboxylic acids is 1. The molecule has 0 amide bonds. The zero-order chi connectivity index (χ0) is 13.7. The van der Waals surface area contributed by atoms with Crippen molar-refractivity contribution in [2.45, 2.75) is 13.3 Å². The standard InChI is InChI=1S/C11H13BrN2O4/c1-7(4-11(15)16)6-13-9-5-8(12)2-3-10(9)14(17)18/h2-3,5,7,13H,4,6H2,1H3,(H,15,16). The van der Waals surface area contributed by atoms with E-state index in [9.17, 15) is 14.9 Å². The highest BCUT2D eigenvalue weighted by molar-refractivity contribution is 9.10. The minimum Gasteiger partial charge on any atom is -0.481 e. The van der Waals surface area contributed by atoms with Gasteiger partial charge < -0.3 is 10.4 Å². The number of aliphatic carboxylic acids is 1. The molecular weight excluding hydrogens is 304 g/mol. The van der Waals surface area contributed by atoms with Crippen LogP contribution in [-0.4, -0.2) is 22.5 Å². The van der Waals surface area contributed by atoms with Gasteiger partial charge in [0.1, 0.15) is 5.69 Å². The zero-order valence-electron chi connectivity index (χ0n) is 9.72. The number of hydrogen-bond acceptors (Lipinski definition) is 4. The van der Waals surface area contributed by atoms with Gasteiger partial charge in [-0.2, -0.15) is 0 Å². The maximum absolute atomic E-state index is 10.8. The van der Waals surface area contributed by atoms with Gasteiger partial charge in [0.25, 0.3) is 5.69 Å². The summed E-state index contributed by atoms with van der Waals surface area (Å²) in [5.74, 6) is -0.992. The summed E-state index contributed by atoms with van der Waals surface area (Å²) in [5, 5.41) is 22.3. The Morgan fingerprint density at radius 2 is 2.28 bits per heavy atom. The Balaban J connectivity index is 2.74. The molecule has 0 saturated heterocycles. The fraction of sp³-hybridized carbons (Fsp3) is 0.364. The Morgan fingerprint density at radius 3 is 2.83 bits per heavy atom. The molecule has 0 saturated carbocycles. The average Bonchev–Trinajstić information content (AvgIpc) is 2.25. The van der Waals surface area contributed by atoms with Gasteiger partial charge in [-0.25, -0.2) is 0 Å². The molecule has 1 aromatic rings. The number of nitrogens with one attached hydrogen (secondary N) is 1. The topological polar surface area (TPSA) is 92.5 Å². The largest absolute Gasteiger partial charge is 0.481 e. The van der Waals surface area contributed by atoms with Gasteiger partial charge in [-0.15, -0.1) is 0 Å². The predicted octanol–water partition coefficient (Wildman–Crippen LogP) is 2.88. The van der Waals surface area contributed by atoms with Crippen LogP contribution in [-0.2, 0) is 4.79 Å². The molecule has 1 unspecified atom stereocenters. The molecule has 1 aromatic carbocycles. The first kappa shape index (κ1) is 14.4. The minimum absolute atomic E-state index is 0.0226. The Hall–Kier alpha value is -1.63. The van der Waals surface area contributed by atoms with Crippen molar-refractivity contribution in [3.63, 3.8) is 0 Å². The molecule has 1 rings (SSSR count). The lowest BCUT2D eigenvalue weighted by atomic mass is 10.1. The summed E-state index contributed by atoms with van der Waals surface area (Å²) in [7, 11) is 0. The van der Waals surface area contributed by atoms with Crippen molar-refractivity contribution in [2.24, 2.45) is 5.92 Å². The van der Waals surface area contributed by atoms with Crippen LogP contribution < -0.4 is 5.32 Å². The lowest BCUT2D eigenvalue weighted by Crippen LogP contribution is -2.15. The highest BCUT2D eigenvalue weighted by atomic mass is 79.9. The Labute approximate surface area is 112 Å². The summed E-state index contributed by atoms with van der Waals surface area (Å²) in [6.07, 6.45) is 0.0226. The van der Waals surface area contributed by atoms with E-state index in [1.165, 1.54) is 6.07 Å². The molecule has 0 aliphatic rings. The van der Waals surface area contributed by atoms with Crippen LogP contribution >= 0.6 is 15.9 Å². The molecule has 6 nitrogen and oxygen atoms in total. The van der Waals surface area contributed by atoms with E-state index in [1.54, 1.807) is 19.1 Å². The van der Waals surface area contributed by atoms with Gasteiger partial charge in [-0.3, -0.25) is 14.9 Å². The van der Waals surface area contributed by atoms with Gasteiger partial charge in [0.2, 0.25) is 0 Å². The van der Waals surface area contributed by atoms with Crippen LogP contribution in [0.15, 0.2) is 22.7 Å². The summed E-state index contributed by atoms with van der Waals surface area (Å²) in [4.78, 5) is 20.8. The van der Waals surface area contributed by atoms with Crippen LogP contribution in [0, 0.1) is 16.0 Å². The maximum Gasteiger partial charge on any atom is 0.303 e. The number of anilines is 1. The predicted molar refractivity (Wildman–Crippen MR) is 70.7 cm³/mol. The number of nitro groups is 1. The van der Waals surface area contributed by atoms with Gasteiger partial charge >= 0.3 is 5.97 Å². The lowest BCUT2D eigenvalue weighted by Gasteiger charge is -2.11. The molecule has 98 valence electrons. The third-order valence-corrected chi connectivity index (χ3v) is 2.81. The van der Waals surface area contributed by atoms with Crippen molar-refractivity contribution in [2.75, 3.05) is 11.9 Å². The molecule has 0 aliphatic heterocycles. The van der Waals surface area contributed by atoms with E-state index in [2.05, 4.69) is 21.2 Å². The Morgan fingerprint density at radius 1 is 1.61 bits per heavy atom. The van der Waals surface area contributed by atoms with Crippen molar-refractivity contribution in [1.82, 2.24) is 0 Å². The van der Waals surface area contributed by atoms with Crippen LogP contribution in [0.1, 0.15) is 13.3 Å². The maximum atomic E-state index is 10.8. The summed E-state index contributed by atoms with van der Waals surface area (Å²) < 4.78 is 0.724. The number of nitrogens with zero attached hydrogens (tertiary/aromatic N) is 1. The average molecular weight is 317 g/mol. The van der Waals surface area contributed by atoms with Gasteiger partial charge in [0, 0.05) is 23.5 Å². The molecule has 0 heterocycles. The van der Waals surface area contributed by atoms with E-state index in [0.29, 0.717) is 12.2 Å². The molecule has 0 spiro atoms. The minimum atomic E-state index is -0.881. The van der Waals surface area contributed by atoms with E-state index in [4.69, 9.17) is 5.11 Å². The normalized spacial score (nSPS) is 11.9. The van der Waals surface area contributed by atoms with E-state index >= 15 is 0 Å². The van der Waals surface area contributed by atoms with Crippen molar-refractivity contribution >= 4 is 33.3 Å². The van der Waals surface area contributed by atoms with E-state index in [1.807, 2.05) is 0 Å². The fourth-order valence-electron chi connectivity index (χ4n) is 1.46. The number of benzene rings is 1. The first-order chi connectivity index (χ1) is 8.40. The number of rotatable bonds is 6. The number of carbonyl (C=O) groups is 1. The summed E-state index contributed by atoms with van der Waals surface area (Å²) in [5.41, 5.74) is 0.354. The summed E-state index contributed by atoms with van der Waals surface area (Å²) in [6, 6.07) is 4.59. The number of hydrogen-bond donors (Lipinski definition) is 2. The molecule has 0 radical (unpaired) electrons. The Bertz CT molecular complexity index is 464. The molecule has 0 aliphatic carbocycles. The van der Waals surface area contributed by atoms with Crippen LogP contribution in [0.4, 0.5) is 11.4 Å². The van der Waals surface area contributed by atoms with Crippen molar-refractivity contribution in [1.29, 1.82) is 0 Å². The molecule has 2 N–H and O–H groups in total. The second-order valence-corrected chi connectivity index (χ2v) is 4.92. The van der Waals surface area contributed by atoms with Crippen LogP contribution in [0.2, 0.25) is 0 Å². The molecule has 1 atom stereocenters. The van der Waals surface area contributed by atoms with Gasteiger partial charge in [0.15, 0.2) is 0 Å². The molecule has 7 heteroatoms. The zero-order valence-corrected chi connectivity index (χ0v) is 11.3. The smallest absolute Gasteiger partial charge is 0.303 e. The highest BCUT2D eigenvalue weighted by Gasteiger charge is 2.15. The van der Waals surface area contributed by atoms with E-state index in [0.717, 1.165) is 4.47 Å². The van der Waals surface area contributed by atoms with Crippen LogP contribution in [0.25, 0.3) is 0 Å². The molecular formula is C11H13BrN2O4. The van der Waals surface area contributed by atoms with Gasteiger partial charge in [-0.1, -0.05) is 22.9 Å².